The Balaban J connectivity index is 2.03. The molecule has 0 fully saturated rings. The van der Waals surface area contributed by atoms with Gasteiger partial charge in [0.25, 0.3) is 0 Å². The molecule has 1 aromatic rings. The van der Waals surface area contributed by atoms with Crippen molar-refractivity contribution in [2.24, 2.45) is 0 Å². The molecule has 0 aliphatic heterocycles. The average Bonchev–Trinajstić information content (AvgIpc) is 2.51. The number of hydrogen-bond acceptors (Lipinski definition) is 1. The largest absolute Gasteiger partial charge is 0.147 e. The molecule has 0 radical (unpaired) electrons. The molecule has 0 saturated carbocycles. The molecule has 1 aromatic heterocycles. The highest BCUT2D eigenvalue weighted by molar-refractivity contribution is 9.10. The van der Waals surface area contributed by atoms with Gasteiger partial charge < -0.3 is 0 Å². The van der Waals surface area contributed by atoms with E-state index >= 15 is 0 Å². The Morgan fingerprint density at radius 1 is 1.57 bits per heavy atom. The van der Waals surface area contributed by atoms with E-state index in [1.54, 1.807) is 0 Å². The van der Waals surface area contributed by atoms with E-state index in [1.807, 2.05) is 11.3 Å². The molecular weight excluding hydrogens is 280 g/mol. The third-order valence-corrected chi connectivity index (χ3v) is 4.46. The second kappa shape index (κ2) is 4.82. The van der Waals surface area contributed by atoms with Gasteiger partial charge in [0.2, 0.25) is 0 Å². The molecule has 1 aliphatic rings. The summed E-state index contributed by atoms with van der Waals surface area (Å²) in [6.07, 6.45) is 6.92. The monoisotopic (exact) mass is 290 g/mol. The molecule has 0 N–H and O–H groups in total. The zero-order valence-electron chi connectivity index (χ0n) is 7.80. The highest BCUT2D eigenvalue weighted by atomic mass is 79.9. The van der Waals surface area contributed by atoms with Crippen molar-refractivity contribution in [1.82, 2.24) is 0 Å². The van der Waals surface area contributed by atoms with E-state index in [9.17, 15) is 0 Å². The Hall–Kier alpha value is 0.210. The predicted molar refractivity (Wildman–Crippen MR) is 67.3 cm³/mol. The lowest BCUT2D eigenvalue weighted by Gasteiger charge is -2.15. The van der Waals surface area contributed by atoms with E-state index in [-0.39, 0.29) is 5.38 Å². The van der Waals surface area contributed by atoms with E-state index in [2.05, 4.69) is 33.5 Å². The first-order valence-electron chi connectivity index (χ1n) is 4.80. The molecule has 1 aliphatic carbocycles. The number of thiophene rings is 1. The van der Waals surface area contributed by atoms with Crippen LogP contribution in [0, 0.1) is 0 Å². The number of rotatable bonds is 2. The van der Waals surface area contributed by atoms with Crippen LogP contribution in [0.15, 0.2) is 27.6 Å². The molecule has 2 rings (SSSR count). The highest BCUT2D eigenvalue weighted by Crippen LogP contribution is 2.28. The zero-order valence-corrected chi connectivity index (χ0v) is 11.0. The van der Waals surface area contributed by atoms with Gasteiger partial charge in [0.05, 0.1) is 5.38 Å². The van der Waals surface area contributed by atoms with E-state index in [0.29, 0.717) is 0 Å². The molecule has 1 unspecified atom stereocenters. The first kappa shape index (κ1) is 10.7. The fourth-order valence-corrected chi connectivity index (χ4v) is 3.60. The summed E-state index contributed by atoms with van der Waals surface area (Å²) in [5.74, 6) is 0. The molecule has 0 spiro atoms. The van der Waals surface area contributed by atoms with Crippen molar-refractivity contribution >= 4 is 38.9 Å². The standard InChI is InChI=1S/C11H12BrClS/c12-9-6-11(14-7-9)5-8-2-1-3-10(13)4-8/h4,6-7,10H,1-3,5H2. The van der Waals surface area contributed by atoms with Crippen molar-refractivity contribution in [3.63, 3.8) is 0 Å². The summed E-state index contributed by atoms with van der Waals surface area (Å²) in [5.41, 5.74) is 1.51. The van der Waals surface area contributed by atoms with Gasteiger partial charge in [-0.3, -0.25) is 0 Å². The van der Waals surface area contributed by atoms with Gasteiger partial charge in [-0.25, -0.2) is 0 Å². The van der Waals surface area contributed by atoms with Gasteiger partial charge in [-0.2, -0.15) is 0 Å². The van der Waals surface area contributed by atoms with Crippen molar-refractivity contribution in [1.29, 1.82) is 0 Å². The van der Waals surface area contributed by atoms with Gasteiger partial charge >= 0.3 is 0 Å². The van der Waals surface area contributed by atoms with Crippen LogP contribution in [-0.2, 0) is 6.42 Å². The molecule has 14 heavy (non-hydrogen) atoms. The van der Waals surface area contributed by atoms with Crippen LogP contribution in [0.3, 0.4) is 0 Å². The van der Waals surface area contributed by atoms with E-state index in [4.69, 9.17) is 11.6 Å². The molecule has 0 aromatic carbocycles. The molecule has 76 valence electrons. The Morgan fingerprint density at radius 2 is 2.43 bits per heavy atom. The number of halogens is 2. The van der Waals surface area contributed by atoms with Gasteiger partial charge in [0.15, 0.2) is 0 Å². The Kier molecular flexibility index (Phi) is 3.69. The van der Waals surface area contributed by atoms with Crippen LogP contribution >= 0.6 is 38.9 Å². The lowest BCUT2D eigenvalue weighted by molar-refractivity contribution is 0.695. The fraction of sp³-hybridized carbons (Fsp3) is 0.455. The number of allylic oxidation sites excluding steroid dienone is 2. The number of alkyl halides is 1. The van der Waals surface area contributed by atoms with Crippen LogP contribution in [0.1, 0.15) is 24.1 Å². The summed E-state index contributed by atoms with van der Waals surface area (Å²) in [6.45, 7) is 0. The SMILES string of the molecule is ClC1C=C(Cc2cc(Br)cs2)CCC1. The minimum absolute atomic E-state index is 0.266. The lowest BCUT2D eigenvalue weighted by atomic mass is 9.96. The summed E-state index contributed by atoms with van der Waals surface area (Å²) in [7, 11) is 0. The second-order valence-electron chi connectivity index (χ2n) is 3.64. The van der Waals surface area contributed by atoms with Crippen molar-refractivity contribution in [2.45, 2.75) is 31.1 Å². The van der Waals surface area contributed by atoms with Crippen molar-refractivity contribution in [2.75, 3.05) is 0 Å². The quantitative estimate of drug-likeness (QED) is 0.544. The average molecular weight is 292 g/mol. The molecule has 0 nitrogen and oxygen atoms in total. The maximum absolute atomic E-state index is 6.10. The molecule has 0 saturated heterocycles. The van der Waals surface area contributed by atoms with Crippen LogP contribution in [0.2, 0.25) is 0 Å². The molecule has 1 atom stereocenters. The third kappa shape index (κ3) is 2.85. The summed E-state index contributed by atoms with van der Waals surface area (Å²) in [6, 6.07) is 2.20. The van der Waals surface area contributed by atoms with E-state index in [0.717, 1.165) is 12.8 Å². The van der Waals surface area contributed by atoms with Gasteiger partial charge in [-0.1, -0.05) is 11.6 Å². The van der Waals surface area contributed by atoms with Gasteiger partial charge in [0.1, 0.15) is 0 Å². The Labute approximate surface area is 102 Å². The summed E-state index contributed by atoms with van der Waals surface area (Å²) in [4.78, 5) is 1.42. The second-order valence-corrected chi connectivity index (χ2v) is 6.11. The van der Waals surface area contributed by atoms with Crippen LogP contribution in [0.4, 0.5) is 0 Å². The summed E-state index contributed by atoms with van der Waals surface area (Å²) >= 11 is 11.4. The first-order chi connectivity index (χ1) is 6.74. The molecule has 3 heteroatoms. The smallest absolute Gasteiger partial charge is 0.0518 e. The third-order valence-electron chi connectivity index (χ3n) is 2.42. The van der Waals surface area contributed by atoms with E-state index in [1.165, 1.54) is 27.8 Å². The van der Waals surface area contributed by atoms with Gasteiger partial charge in [0, 0.05) is 21.2 Å². The van der Waals surface area contributed by atoms with Crippen molar-refractivity contribution in [3.05, 3.63) is 32.4 Å². The maximum atomic E-state index is 6.10. The van der Waals surface area contributed by atoms with Crippen LogP contribution < -0.4 is 0 Å². The molecule has 0 amide bonds. The molecule has 1 heterocycles. The van der Waals surface area contributed by atoms with Crippen LogP contribution in [-0.4, -0.2) is 5.38 Å². The fourth-order valence-electron chi connectivity index (χ4n) is 1.76. The number of hydrogen-bond donors (Lipinski definition) is 0. The highest BCUT2D eigenvalue weighted by Gasteiger charge is 2.11. The van der Waals surface area contributed by atoms with Gasteiger partial charge in [-0.05, 0) is 41.3 Å². The van der Waals surface area contributed by atoms with Crippen LogP contribution in [0.25, 0.3) is 0 Å². The Morgan fingerprint density at radius 3 is 3.07 bits per heavy atom. The lowest BCUT2D eigenvalue weighted by Crippen LogP contribution is -2.04. The van der Waals surface area contributed by atoms with Crippen LogP contribution in [0.5, 0.6) is 0 Å². The minimum atomic E-state index is 0.266. The maximum Gasteiger partial charge on any atom is 0.0518 e. The van der Waals surface area contributed by atoms with Crippen molar-refractivity contribution < 1.29 is 0 Å². The normalized spacial score (nSPS) is 22.1. The first-order valence-corrected chi connectivity index (χ1v) is 6.91. The summed E-state index contributed by atoms with van der Waals surface area (Å²) in [5, 5.41) is 2.40. The topological polar surface area (TPSA) is 0 Å². The zero-order chi connectivity index (χ0) is 9.97. The molecule has 0 bridgehead atoms. The van der Waals surface area contributed by atoms with Gasteiger partial charge in [-0.15, -0.1) is 22.9 Å². The van der Waals surface area contributed by atoms with Crippen molar-refractivity contribution in [3.8, 4) is 0 Å². The summed E-state index contributed by atoms with van der Waals surface area (Å²) < 4.78 is 1.19. The van der Waals surface area contributed by atoms with E-state index < -0.39 is 0 Å². The Bertz CT molecular complexity index is 343. The predicted octanol–water partition coefficient (Wildman–Crippen LogP) is 4.77. The molecular formula is C11H12BrClS. The minimum Gasteiger partial charge on any atom is -0.147 e.